The van der Waals surface area contributed by atoms with Crippen molar-refractivity contribution in [3.05, 3.63) is 50.8 Å². The molecule has 2 aromatic heterocycles. The van der Waals surface area contributed by atoms with Gasteiger partial charge in [-0.15, -0.1) is 0 Å². The largest absolute Gasteiger partial charge is 0.353 e. The van der Waals surface area contributed by atoms with E-state index in [-0.39, 0.29) is 5.56 Å². The Bertz CT molecular complexity index is 1080. The lowest BCUT2D eigenvalue weighted by Crippen LogP contribution is -2.26. The minimum Gasteiger partial charge on any atom is -0.353 e. The number of hydrogen-bond acceptors (Lipinski definition) is 3. The second kappa shape index (κ2) is 7.21. The lowest BCUT2D eigenvalue weighted by atomic mass is 9.88. The maximum atomic E-state index is 12.3. The van der Waals surface area contributed by atoms with Crippen LogP contribution in [0.15, 0.2) is 23.0 Å². The third-order valence-corrected chi connectivity index (χ3v) is 6.27. The Morgan fingerprint density at radius 1 is 1.14 bits per heavy atom. The smallest absolute Gasteiger partial charge is 0.269 e. The summed E-state index contributed by atoms with van der Waals surface area (Å²) in [6.07, 6.45) is 2.39. The van der Waals surface area contributed by atoms with Gasteiger partial charge in [0.1, 0.15) is 5.69 Å². The first kappa shape index (κ1) is 18.9. The molecule has 1 aliphatic heterocycles. The van der Waals surface area contributed by atoms with Gasteiger partial charge in [0.15, 0.2) is 0 Å². The van der Waals surface area contributed by atoms with Gasteiger partial charge >= 0.3 is 0 Å². The van der Waals surface area contributed by atoms with Crippen LogP contribution >= 0.6 is 0 Å². The second-order valence-corrected chi connectivity index (χ2v) is 8.43. The molecule has 5 nitrogen and oxygen atoms in total. The molecule has 3 heterocycles. The zero-order valence-corrected chi connectivity index (χ0v) is 17.5. The van der Waals surface area contributed by atoms with E-state index in [0.29, 0.717) is 11.8 Å². The summed E-state index contributed by atoms with van der Waals surface area (Å²) in [6.45, 7) is 10.5. The molecule has 0 unspecified atom stereocenters. The molecule has 3 aromatic rings. The molecule has 1 fully saturated rings. The Hall–Kier alpha value is -2.40. The molecule has 0 radical (unpaired) electrons. The van der Waals surface area contributed by atoms with Crippen LogP contribution in [0.2, 0.25) is 0 Å². The molecule has 0 atom stereocenters. The van der Waals surface area contributed by atoms with E-state index in [1.54, 1.807) is 7.05 Å². The molecule has 4 rings (SSSR count). The number of aromatic nitrogens is 3. The zero-order valence-electron chi connectivity index (χ0n) is 17.5. The van der Waals surface area contributed by atoms with Gasteiger partial charge in [-0.05, 0) is 80.4 Å². The Labute approximate surface area is 166 Å². The fourth-order valence-corrected chi connectivity index (χ4v) is 4.51. The van der Waals surface area contributed by atoms with Crippen molar-refractivity contribution in [3.8, 4) is 11.4 Å². The van der Waals surface area contributed by atoms with Crippen molar-refractivity contribution >= 4 is 10.9 Å². The standard InChI is InChI=1S/C23H30N4O/c1-13(2)20-18-12-17(16-8-10-24-11-9-16)6-7-19(18)25-22(20)21-14(3)15(4)23(28)27(5)26-21/h6-7,12-13,16,24-25H,8-11H2,1-5H3. The molecular formula is C23H30N4O. The van der Waals surface area contributed by atoms with Crippen LogP contribution in [0.3, 0.4) is 0 Å². The van der Waals surface area contributed by atoms with E-state index in [0.717, 1.165) is 41.1 Å². The van der Waals surface area contributed by atoms with Gasteiger partial charge in [-0.2, -0.15) is 5.10 Å². The Kier molecular flexibility index (Phi) is 4.88. The molecule has 0 amide bonds. The van der Waals surface area contributed by atoms with Crippen LogP contribution in [-0.4, -0.2) is 27.9 Å². The number of rotatable bonds is 3. The summed E-state index contributed by atoms with van der Waals surface area (Å²) in [5.41, 5.74) is 7.47. The molecule has 28 heavy (non-hydrogen) atoms. The molecule has 0 spiro atoms. The molecule has 0 aliphatic carbocycles. The van der Waals surface area contributed by atoms with E-state index < -0.39 is 0 Å². The predicted molar refractivity (Wildman–Crippen MR) is 115 cm³/mol. The first-order chi connectivity index (χ1) is 13.4. The predicted octanol–water partition coefficient (Wildman–Crippen LogP) is 4.14. The number of fused-ring (bicyclic) bond motifs is 1. The topological polar surface area (TPSA) is 62.7 Å². The van der Waals surface area contributed by atoms with Crippen molar-refractivity contribution in [2.45, 2.75) is 52.4 Å². The van der Waals surface area contributed by atoms with Crippen LogP contribution in [0, 0.1) is 13.8 Å². The maximum absolute atomic E-state index is 12.3. The second-order valence-electron chi connectivity index (χ2n) is 8.43. The van der Waals surface area contributed by atoms with Crippen molar-refractivity contribution < 1.29 is 0 Å². The number of aryl methyl sites for hydroxylation is 1. The Morgan fingerprint density at radius 3 is 2.54 bits per heavy atom. The summed E-state index contributed by atoms with van der Waals surface area (Å²) in [5, 5.41) is 9.36. The highest BCUT2D eigenvalue weighted by atomic mass is 16.1. The number of piperidine rings is 1. The minimum absolute atomic E-state index is 0.0309. The molecule has 0 bridgehead atoms. The van der Waals surface area contributed by atoms with Gasteiger partial charge in [0.25, 0.3) is 5.56 Å². The van der Waals surface area contributed by atoms with Crippen molar-refractivity contribution in [1.82, 2.24) is 20.1 Å². The number of aromatic amines is 1. The van der Waals surface area contributed by atoms with Gasteiger partial charge in [0.05, 0.1) is 5.69 Å². The van der Waals surface area contributed by atoms with Gasteiger partial charge in [0, 0.05) is 23.5 Å². The Morgan fingerprint density at radius 2 is 1.86 bits per heavy atom. The van der Waals surface area contributed by atoms with Crippen molar-refractivity contribution in [2.24, 2.45) is 7.05 Å². The molecule has 1 saturated heterocycles. The molecular weight excluding hydrogens is 348 g/mol. The minimum atomic E-state index is -0.0309. The number of benzene rings is 1. The summed E-state index contributed by atoms with van der Waals surface area (Å²) in [7, 11) is 1.73. The first-order valence-electron chi connectivity index (χ1n) is 10.3. The summed E-state index contributed by atoms with van der Waals surface area (Å²) in [6, 6.07) is 6.87. The quantitative estimate of drug-likeness (QED) is 0.720. The first-order valence-corrected chi connectivity index (χ1v) is 10.3. The highest BCUT2D eigenvalue weighted by Gasteiger charge is 2.22. The van der Waals surface area contributed by atoms with Gasteiger partial charge in [0.2, 0.25) is 0 Å². The highest BCUT2D eigenvalue weighted by molar-refractivity contribution is 5.91. The van der Waals surface area contributed by atoms with E-state index in [4.69, 9.17) is 0 Å². The van der Waals surface area contributed by atoms with E-state index in [2.05, 4.69) is 47.4 Å². The van der Waals surface area contributed by atoms with Crippen LogP contribution in [0.25, 0.3) is 22.3 Å². The summed E-state index contributed by atoms with van der Waals surface area (Å²) < 4.78 is 1.45. The van der Waals surface area contributed by atoms with E-state index in [9.17, 15) is 4.79 Å². The van der Waals surface area contributed by atoms with Crippen LogP contribution in [0.1, 0.15) is 60.8 Å². The third kappa shape index (κ3) is 3.08. The zero-order chi connectivity index (χ0) is 20.0. The van der Waals surface area contributed by atoms with Crippen molar-refractivity contribution in [1.29, 1.82) is 0 Å². The molecule has 1 aromatic carbocycles. The van der Waals surface area contributed by atoms with Crippen LogP contribution < -0.4 is 10.9 Å². The van der Waals surface area contributed by atoms with Crippen LogP contribution in [0.4, 0.5) is 0 Å². The number of hydrogen-bond donors (Lipinski definition) is 2. The summed E-state index contributed by atoms with van der Waals surface area (Å²) in [5.74, 6) is 0.981. The fraction of sp³-hybridized carbons (Fsp3) is 0.478. The van der Waals surface area contributed by atoms with Crippen molar-refractivity contribution in [3.63, 3.8) is 0 Å². The average molecular weight is 379 g/mol. The van der Waals surface area contributed by atoms with E-state index >= 15 is 0 Å². The molecule has 5 heteroatoms. The van der Waals surface area contributed by atoms with Gasteiger partial charge in [-0.3, -0.25) is 4.79 Å². The van der Waals surface area contributed by atoms with E-state index in [1.165, 1.54) is 34.0 Å². The monoisotopic (exact) mass is 378 g/mol. The molecule has 0 saturated carbocycles. The average Bonchev–Trinajstić information content (AvgIpc) is 3.08. The van der Waals surface area contributed by atoms with Gasteiger partial charge < -0.3 is 10.3 Å². The normalized spacial score (nSPS) is 15.6. The van der Waals surface area contributed by atoms with Crippen LogP contribution in [0.5, 0.6) is 0 Å². The number of nitrogens with one attached hydrogen (secondary N) is 2. The van der Waals surface area contributed by atoms with Gasteiger partial charge in [-0.1, -0.05) is 19.9 Å². The van der Waals surface area contributed by atoms with E-state index in [1.807, 2.05) is 13.8 Å². The maximum Gasteiger partial charge on any atom is 0.269 e. The lowest BCUT2D eigenvalue weighted by Gasteiger charge is -2.23. The van der Waals surface area contributed by atoms with Gasteiger partial charge in [-0.25, -0.2) is 4.68 Å². The lowest BCUT2D eigenvalue weighted by molar-refractivity contribution is 0.460. The summed E-state index contributed by atoms with van der Waals surface area (Å²) in [4.78, 5) is 15.9. The molecule has 148 valence electrons. The van der Waals surface area contributed by atoms with Crippen molar-refractivity contribution in [2.75, 3.05) is 13.1 Å². The SMILES string of the molecule is Cc1c(-c2[nH]c3ccc(C4CCNCC4)cc3c2C(C)C)nn(C)c(=O)c1C. The summed E-state index contributed by atoms with van der Waals surface area (Å²) >= 11 is 0. The van der Waals surface area contributed by atoms with Crippen LogP contribution in [-0.2, 0) is 7.05 Å². The molecule has 1 aliphatic rings. The number of nitrogens with zero attached hydrogens (tertiary/aromatic N) is 2. The Balaban J connectivity index is 1.93. The molecule has 2 N–H and O–H groups in total. The third-order valence-electron chi connectivity index (χ3n) is 6.27. The highest BCUT2D eigenvalue weighted by Crippen LogP contribution is 2.38. The number of H-pyrrole nitrogens is 1. The fourth-order valence-electron chi connectivity index (χ4n) is 4.51.